The summed E-state index contributed by atoms with van der Waals surface area (Å²) in [7, 11) is 0. The lowest BCUT2D eigenvalue weighted by Crippen LogP contribution is -2.25. The first kappa shape index (κ1) is 14.6. The molecule has 1 aromatic heterocycles. The number of halogens is 1. The van der Waals surface area contributed by atoms with Gasteiger partial charge in [0.05, 0.1) is 22.2 Å². The van der Waals surface area contributed by atoms with E-state index in [0.29, 0.717) is 18.0 Å². The van der Waals surface area contributed by atoms with Crippen molar-refractivity contribution < 1.29 is 4.92 Å². The van der Waals surface area contributed by atoms with E-state index in [-0.39, 0.29) is 16.6 Å². The number of non-ortho nitro benzene ring substituents is 1. The lowest BCUT2D eigenvalue weighted by molar-refractivity contribution is -0.384. The quantitative estimate of drug-likeness (QED) is 0.476. The number of rotatable bonds is 5. The zero-order valence-electron chi connectivity index (χ0n) is 11.0. The second kappa shape index (κ2) is 6.13. The number of aromatic nitrogens is 2. The summed E-state index contributed by atoms with van der Waals surface area (Å²) < 4.78 is 1.52. The Labute approximate surface area is 123 Å². The van der Waals surface area contributed by atoms with Crippen LogP contribution >= 0.6 is 15.9 Å². The summed E-state index contributed by atoms with van der Waals surface area (Å²) in [5.74, 6) is 0.325. The Morgan fingerprint density at radius 1 is 1.50 bits per heavy atom. The first-order valence-corrected chi connectivity index (χ1v) is 7.38. The number of benzene rings is 1. The molecular weight excluding hydrogens is 326 g/mol. The first-order chi connectivity index (χ1) is 9.56. The summed E-state index contributed by atoms with van der Waals surface area (Å²) in [5, 5.41) is 11.9. The molecule has 0 saturated carbocycles. The van der Waals surface area contributed by atoms with Crippen molar-refractivity contribution in [3.8, 4) is 0 Å². The van der Waals surface area contributed by atoms with Crippen LogP contribution in [0.2, 0.25) is 0 Å². The first-order valence-electron chi connectivity index (χ1n) is 6.26. The second-order valence-electron chi connectivity index (χ2n) is 4.59. The van der Waals surface area contributed by atoms with Crippen molar-refractivity contribution in [1.29, 1.82) is 0 Å². The van der Waals surface area contributed by atoms with Gasteiger partial charge in [0, 0.05) is 24.0 Å². The maximum Gasteiger partial charge on any atom is 0.270 e. The number of fused-ring (bicyclic) bond motifs is 1. The minimum absolute atomic E-state index is 0.0957. The Morgan fingerprint density at radius 2 is 2.25 bits per heavy atom. The Balaban J connectivity index is 2.51. The van der Waals surface area contributed by atoms with Crippen molar-refractivity contribution in [2.75, 3.05) is 5.33 Å². The highest BCUT2D eigenvalue weighted by molar-refractivity contribution is 9.09. The lowest BCUT2D eigenvalue weighted by Gasteiger charge is -2.13. The molecule has 0 N–H and O–H groups in total. The average molecular weight is 340 g/mol. The predicted octanol–water partition coefficient (Wildman–Crippen LogP) is 2.73. The van der Waals surface area contributed by atoms with Gasteiger partial charge in [0.2, 0.25) is 0 Å². The highest BCUT2D eigenvalue weighted by Gasteiger charge is 2.12. The van der Waals surface area contributed by atoms with Crippen molar-refractivity contribution in [2.24, 2.45) is 5.92 Å². The highest BCUT2D eigenvalue weighted by Crippen LogP contribution is 2.16. The summed E-state index contributed by atoms with van der Waals surface area (Å²) in [6, 6.07) is 4.14. The molecule has 2 rings (SSSR count). The van der Waals surface area contributed by atoms with Crippen LogP contribution in [0.1, 0.15) is 13.3 Å². The average Bonchev–Trinajstić information content (AvgIpc) is 2.46. The summed E-state index contributed by atoms with van der Waals surface area (Å²) in [6.07, 6.45) is 2.44. The fourth-order valence-electron chi connectivity index (χ4n) is 1.96. The van der Waals surface area contributed by atoms with Crippen molar-refractivity contribution in [3.63, 3.8) is 0 Å². The van der Waals surface area contributed by atoms with E-state index in [9.17, 15) is 14.9 Å². The van der Waals surface area contributed by atoms with Crippen molar-refractivity contribution in [1.82, 2.24) is 9.55 Å². The van der Waals surface area contributed by atoms with Crippen LogP contribution in [0.5, 0.6) is 0 Å². The molecule has 2 aromatic rings. The minimum Gasteiger partial charge on any atom is -0.298 e. The van der Waals surface area contributed by atoms with Crippen LogP contribution in [0.25, 0.3) is 10.9 Å². The Kier molecular flexibility index (Phi) is 4.49. The summed E-state index contributed by atoms with van der Waals surface area (Å²) in [6.45, 7) is 2.60. The zero-order chi connectivity index (χ0) is 14.7. The summed E-state index contributed by atoms with van der Waals surface area (Å²) >= 11 is 3.41. The second-order valence-corrected chi connectivity index (χ2v) is 5.24. The van der Waals surface area contributed by atoms with Crippen LogP contribution in [-0.4, -0.2) is 19.8 Å². The summed E-state index contributed by atoms with van der Waals surface area (Å²) in [5.41, 5.74) is 0.142. The maximum atomic E-state index is 12.4. The van der Waals surface area contributed by atoms with Gasteiger partial charge in [-0.25, -0.2) is 4.98 Å². The fourth-order valence-corrected chi connectivity index (χ4v) is 2.62. The van der Waals surface area contributed by atoms with Gasteiger partial charge in [-0.3, -0.25) is 19.5 Å². The van der Waals surface area contributed by atoms with Gasteiger partial charge in [-0.05, 0) is 12.0 Å². The predicted molar refractivity (Wildman–Crippen MR) is 80.2 cm³/mol. The van der Waals surface area contributed by atoms with E-state index in [1.807, 2.05) is 0 Å². The topological polar surface area (TPSA) is 78.0 Å². The molecule has 20 heavy (non-hydrogen) atoms. The van der Waals surface area contributed by atoms with E-state index < -0.39 is 4.92 Å². The van der Waals surface area contributed by atoms with Gasteiger partial charge in [0.25, 0.3) is 11.2 Å². The molecule has 0 radical (unpaired) electrons. The number of hydrogen-bond acceptors (Lipinski definition) is 4. The molecule has 0 aliphatic rings. The molecule has 6 nitrogen and oxygen atoms in total. The standard InChI is InChI=1S/C13H14BrN3O3/c1-2-9(6-14)7-16-8-15-12-4-3-10(17(19)20)5-11(12)13(16)18/h3-5,8-9H,2,6-7H2,1H3. The van der Waals surface area contributed by atoms with E-state index in [4.69, 9.17) is 0 Å². The lowest BCUT2D eigenvalue weighted by atomic mass is 10.1. The Bertz CT molecular complexity index is 695. The number of hydrogen-bond donors (Lipinski definition) is 0. The zero-order valence-corrected chi connectivity index (χ0v) is 12.5. The Morgan fingerprint density at radius 3 is 2.85 bits per heavy atom. The fraction of sp³-hybridized carbons (Fsp3) is 0.385. The van der Waals surface area contributed by atoms with Gasteiger partial charge in [0.15, 0.2) is 0 Å². The molecule has 0 spiro atoms. The van der Waals surface area contributed by atoms with Crippen molar-refractivity contribution in [3.05, 3.63) is 45.0 Å². The molecule has 0 amide bonds. The van der Waals surface area contributed by atoms with Crippen molar-refractivity contribution in [2.45, 2.75) is 19.9 Å². The van der Waals surface area contributed by atoms with Gasteiger partial charge in [-0.15, -0.1) is 0 Å². The molecule has 0 fully saturated rings. The molecule has 0 aliphatic carbocycles. The largest absolute Gasteiger partial charge is 0.298 e. The van der Waals surface area contributed by atoms with E-state index in [2.05, 4.69) is 27.8 Å². The highest BCUT2D eigenvalue weighted by atomic mass is 79.9. The molecule has 106 valence electrons. The van der Waals surface area contributed by atoms with E-state index in [0.717, 1.165) is 11.8 Å². The van der Waals surface area contributed by atoms with E-state index >= 15 is 0 Å². The monoisotopic (exact) mass is 339 g/mol. The van der Waals surface area contributed by atoms with Crippen LogP contribution in [0, 0.1) is 16.0 Å². The normalized spacial score (nSPS) is 12.5. The summed E-state index contributed by atoms with van der Waals surface area (Å²) in [4.78, 5) is 26.8. The van der Waals surface area contributed by atoms with Crippen LogP contribution < -0.4 is 5.56 Å². The molecule has 1 atom stereocenters. The van der Waals surface area contributed by atoms with Crippen LogP contribution in [0.4, 0.5) is 5.69 Å². The number of alkyl halides is 1. The molecule has 7 heteroatoms. The van der Waals surface area contributed by atoms with Gasteiger partial charge in [-0.1, -0.05) is 29.3 Å². The van der Waals surface area contributed by atoms with Gasteiger partial charge >= 0.3 is 0 Å². The third kappa shape index (κ3) is 2.87. The van der Waals surface area contributed by atoms with Crippen molar-refractivity contribution >= 4 is 32.5 Å². The molecule has 1 aromatic carbocycles. The van der Waals surface area contributed by atoms with Gasteiger partial charge in [0.1, 0.15) is 0 Å². The number of nitro groups is 1. The van der Waals surface area contributed by atoms with E-state index in [1.54, 1.807) is 0 Å². The SMILES string of the molecule is CCC(CBr)Cn1cnc2ccc([N+](=O)[O-])cc2c1=O. The Hall–Kier alpha value is -1.76. The van der Waals surface area contributed by atoms with Gasteiger partial charge < -0.3 is 0 Å². The maximum absolute atomic E-state index is 12.4. The van der Waals surface area contributed by atoms with E-state index in [1.165, 1.54) is 29.1 Å². The van der Waals surface area contributed by atoms with Gasteiger partial charge in [-0.2, -0.15) is 0 Å². The molecule has 1 heterocycles. The third-order valence-electron chi connectivity index (χ3n) is 3.27. The minimum atomic E-state index is -0.510. The number of nitrogens with zero attached hydrogens (tertiary/aromatic N) is 3. The smallest absolute Gasteiger partial charge is 0.270 e. The molecule has 0 bridgehead atoms. The van der Waals surface area contributed by atoms with Crippen LogP contribution in [0.3, 0.4) is 0 Å². The van der Waals surface area contributed by atoms with Crippen LogP contribution in [0.15, 0.2) is 29.3 Å². The molecule has 0 aliphatic heterocycles. The third-order valence-corrected chi connectivity index (χ3v) is 4.18. The molecule has 1 unspecified atom stereocenters. The molecule has 0 saturated heterocycles. The van der Waals surface area contributed by atoms with Crippen LogP contribution in [-0.2, 0) is 6.54 Å². The molecular formula is C13H14BrN3O3. The number of nitro benzene ring substituents is 1.